The summed E-state index contributed by atoms with van der Waals surface area (Å²) >= 11 is 0. The maximum Gasteiger partial charge on any atom is 0.416 e. The van der Waals surface area contributed by atoms with Crippen LogP contribution in [0, 0.1) is 0 Å². The molecule has 1 saturated heterocycles. The molecular formula is C29H36F6N6O2. The van der Waals surface area contributed by atoms with Gasteiger partial charge in [0.2, 0.25) is 5.95 Å². The standard InChI is InChI=1S/C29H36F6N6O2/c1-5-23-10-25(11-24(6-2)41(23)27(42)43-17(3)4)40(26-36-12-19(13-37-26)20-14-38-39-15-20)16-18-7-21(28(30,31)32)9-22(8-18)29(33,34)35/h7-9,12-14,17,20,23-25,39H,5-6,10-11,15-16H2,1-4H3/t20?,23-,24+,25?. The zero-order chi connectivity index (χ0) is 31.5. The number of carbonyl (C=O) groups is 1. The number of hydrazone groups is 1. The smallest absolute Gasteiger partial charge is 0.416 e. The number of piperidine rings is 1. The summed E-state index contributed by atoms with van der Waals surface area (Å²) in [5.74, 6) is 0.106. The fourth-order valence-electron chi connectivity index (χ4n) is 5.68. The van der Waals surface area contributed by atoms with Crippen LogP contribution in [0.4, 0.5) is 37.1 Å². The predicted octanol–water partition coefficient (Wildman–Crippen LogP) is 6.76. The molecule has 4 rings (SSSR count). The number of hydrogen-bond acceptors (Lipinski definition) is 7. The maximum absolute atomic E-state index is 13.7. The molecule has 1 aromatic carbocycles. The lowest BCUT2D eigenvalue weighted by molar-refractivity contribution is -0.143. The molecule has 2 unspecified atom stereocenters. The second-order valence-corrected chi connectivity index (χ2v) is 11.2. The third-order valence-corrected chi connectivity index (χ3v) is 7.81. The highest BCUT2D eigenvalue weighted by molar-refractivity contribution is 5.70. The van der Waals surface area contributed by atoms with Gasteiger partial charge in [-0.3, -0.25) is 0 Å². The van der Waals surface area contributed by atoms with E-state index in [4.69, 9.17) is 4.74 Å². The van der Waals surface area contributed by atoms with Crippen LogP contribution < -0.4 is 10.3 Å². The van der Waals surface area contributed by atoms with Crippen molar-refractivity contribution in [1.82, 2.24) is 20.3 Å². The third kappa shape index (κ3) is 7.69. The van der Waals surface area contributed by atoms with E-state index in [2.05, 4.69) is 20.5 Å². The molecule has 0 spiro atoms. The molecule has 3 heterocycles. The molecule has 1 fully saturated rings. The van der Waals surface area contributed by atoms with Crippen LogP contribution in [0.3, 0.4) is 0 Å². The van der Waals surface area contributed by atoms with Gasteiger partial charge in [0.1, 0.15) is 0 Å². The number of halogens is 6. The van der Waals surface area contributed by atoms with Crippen molar-refractivity contribution in [3.8, 4) is 0 Å². The first-order valence-corrected chi connectivity index (χ1v) is 14.3. The van der Waals surface area contributed by atoms with Gasteiger partial charge < -0.3 is 20.0 Å². The van der Waals surface area contributed by atoms with Crippen LogP contribution in [0.5, 0.6) is 0 Å². The van der Waals surface area contributed by atoms with Crippen LogP contribution in [0.15, 0.2) is 35.7 Å². The fourth-order valence-corrected chi connectivity index (χ4v) is 5.68. The second kappa shape index (κ2) is 13.0. The molecule has 8 nitrogen and oxygen atoms in total. The number of likely N-dealkylation sites (tertiary alicyclic amines) is 1. The summed E-state index contributed by atoms with van der Waals surface area (Å²) in [6.07, 6.45) is -3.88. The summed E-state index contributed by atoms with van der Waals surface area (Å²) in [6.45, 7) is 7.61. The van der Waals surface area contributed by atoms with E-state index in [0.717, 1.165) is 17.7 Å². The number of rotatable bonds is 8. The van der Waals surface area contributed by atoms with Crippen molar-refractivity contribution in [2.45, 2.75) is 102 Å². The van der Waals surface area contributed by atoms with Crippen molar-refractivity contribution in [1.29, 1.82) is 0 Å². The Labute approximate surface area is 246 Å². The molecular weight excluding hydrogens is 578 g/mol. The number of hydrogen-bond donors (Lipinski definition) is 1. The van der Waals surface area contributed by atoms with Crippen molar-refractivity contribution in [3.63, 3.8) is 0 Å². The Balaban J connectivity index is 1.74. The van der Waals surface area contributed by atoms with E-state index in [1.807, 2.05) is 13.8 Å². The first-order valence-electron chi connectivity index (χ1n) is 14.3. The van der Waals surface area contributed by atoms with Crippen LogP contribution in [0.1, 0.15) is 81.5 Å². The molecule has 0 saturated carbocycles. The van der Waals surface area contributed by atoms with Gasteiger partial charge in [0.25, 0.3) is 0 Å². The lowest BCUT2D eigenvalue weighted by Crippen LogP contribution is -2.57. The van der Waals surface area contributed by atoms with Crippen molar-refractivity contribution in [2.24, 2.45) is 5.10 Å². The van der Waals surface area contributed by atoms with E-state index in [1.165, 1.54) is 0 Å². The number of amides is 1. The minimum atomic E-state index is -4.97. The highest BCUT2D eigenvalue weighted by Gasteiger charge is 2.42. The van der Waals surface area contributed by atoms with Gasteiger partial charge in [-0.05, 0) is 68.9 Å². The minimum absolute atomic E-state index is 0.0653. The van der Waals surface area contributed by atoms with Gasteiger partial charge in [-0.15, -0.1) is 0 Å². The molecule has 0 radical (unpaired) electrons. The van der Waals surface area contributed by atoms with Gasteiger partial charge in [-0.2, -0.15) is 31.4 Å². The second-order valence-electron chi connectivity index (χ2n) is 11.2. The Bertz CT molecular complexity index is 1240. The number of alkyl halides is 6. The van der Waals surface area contributed by atoms with E-state index in [0.29, 0.717) is 32.2 Å². The van der Waals surface area contributed by atoms with E-state index < -0.39 is 29.6 Å². The summed E-state index contributed by atoms with van der Waals surface area (Å²) < 4.78 is 87.6. The third-order valence-electron chi connectivity index (χ3n) is 7.81. The number of ether oxygens (including phenoxy) is 1. The zero-order valence-electron chi connectivity index (χ0n) is 24.4. The SMILES string of the molecule is CC[C@@H]1CC(N(Cc2cc(C(F)(F)F)cc(C(F)(F)F)c2)c2ncc(C3C=NNC3)cn2)C[C@H](CC)N1C(=O)OC(C)C. The topological polar surface area (TPSA) is 83.0 Å². The summed E-state index contributed by atoms with van der Waals surface area (Å²) in [5, 5.41) is 3.99. The molecule has 2 aromatic rings. The Morgan fingerprint density at radius 2 is 1.56 bits per heavy atom. The van der Waals surface area contributed by atoms with Gasteiger partial charge in [0.15, 0.2) is 0 Å². The summed E-state index contributed by atoms with van der Waals surface area (Å²) in [6, 6.07) is 0.661. The highest BCUT2D eigenvalue weighted by atomic mass is 19.4. The number of benzene rings is 1. The quantitative estimate of drug-likeness (QED) is 0.331. The van der Waals surface area contributed by atoms with Crippen LogP contribution in [-0.4, -0.2) is 57.9 Å². The largest absolute Gasteiger partial charge is 0.447 e. The average Bonchev–Trinajstić information content (AvgIpc) is 3.49. The normalized spacial score (nSPS) is 22.5. The molecule has 14 heteroatoms. The van der Waals surface area contributed by atoms with Gasteiger partial charge in [-0.1, -0.05) is 13.8 Å². The molecule has 43 heavy (non-hydrogen) atoms. The minimum Gasteiger partial charge on any atom is -0.447 e. The first-order chi connectivity index (χ1) is 20.2. The number of anilines is 1. The lowest BCUT2D eigenvalue weighted by atomic mass is 9.87. The summed E-state index contributed by atoms with van der Waals surface area (Å²) in [4.78, 5) is 25.4. The molecule has 2 aliphatic heterocycles. The Kier molecular flexibility index (Phi) is 9.75. The van der Waals surface area contributed by atoms with Gasteiger partial charge in [0.05, 0.1) is 17.2 Å². The van der Waals surface area contributed by atoms with E-state index >= 15 is 0 Å². The number of aromatic nitrogens is 2. The molecule has 1 amide bonds. The van der Waals surface area contributed by atoms with Crippen LogP contribution >= 0.6 is 0 Å². The van der Waals surface area contributed by atoms with E-state index in [-0.39, 0.29) is 54.3 Å². The number of carbonyl (C=O) groups excluding carboxylic acids is 1. The van der Waals surface area contributed by atoms with Gasteiger partial charge in [-0.25, -0.2) is 14.8 Å². The monoisotopic (exact) mass is 614 g/mol. The van der Waals surface area contributed by atoms with Gasteiger partial charge in [0, 0.05) is 55.7 Å². The molecule has 236 valence electrons. The molecule has 1 aromatic heterocycles. The zero-order valence-corrected chi connectivity index (χ0v) is 24.4. The number of nitrogens with zero attached hydrogens (tertiary/aromatic N) is 5. The Morgan fingerprint density at radius 3 is 2.00 bits per heavy atom. The Morgan fingerprint density at radius 1 is 1.00 bits per heavy atom. The Hall–Kier alpha value is -3.58. The predicted molar refractivity (Wildman–Crippen MR) is 149 cm³/mol. The van der Waals surface area contributed by atoms with Crippen molar-refractivity contribution < 1.29 is 35.9 Å². The van der Waals surface area contributed by atoms with E-state index in [9.17, 15) is 31.1 Å². The highest BCUT2D eigenvalue weighted by Crippen LogP contribution is 2.38. The number of nitrogens with one attached hydrogen (secondary N) is 1. The van der Waals surface area contributed by atoms with Crippen molar-refractivity contribution >= 4 is 18.3 Å². The molecule has 1 N–H and O–H groups in total. The molecule has 0 bridgehead atoms. The lowest BCUT2D eigenvalue weighted by Gasteiger charge is -2.47. The maximum atomic E-state index is 13.7. The van der Waals surface area contributed by atoms with Crippen LogP contribution in [0.2, 0.25) is 0 Å². The fraction of sp³-hybridized carbons (Fsp3) is 0.586. The van der Waals surface area contributed by atoms with E-state index in [1.54, 1.807) is 42.3 Å². The summed E-state index contributed by atoms with van der Waals surface area (Å²) in [7, 11) is 0. The van der Waals surface area contributed by atoms with Crippen molar-refractivity contribution in [3.05, 3.63) is 52.8 Å². The molecule has 4 atom stereocenters. The average molecular weight is 615 g/mol. The summed E-state index contributed by atoms with van der Waals surface area (Å²) in [5.41, 5.74) is 0.673. The van der Waals surface area contributed by atoms with Crippen LogP contribution in [-0.2, 0) is 23.6 Å². The first kappa shape index (κ1) is 32.3. The molecule has 0 aliphatic carbocycles. The van der Waals surface area contributed by atoms with Crippen molar-refractivity contribution in [2.75, 3.05) is 11.4 Å². The van der Waals surface area contributed by atoms with Crippen LogP contribution in [0.25, 0.3) is 0 Å². The molecule has 2 aliphatic rings. The van der Waals surface area contributed by atoms with Gasteiger partial charge >= 0.3 is 18.4 Å².